The number of alkyl halides is 3. The monoisotopic (exact) mass is 313 g/mol. The largest absolute Gasteiger partial charge is 0.435 e. The van der Waals surface area contributed by atoms with E-state index in [0.717, 1.165) is 22.7 Å². The Bertz CT molecular complexity index is 784. The molecule has 0 aliphatic rings. The van der Waals surface area contributed by atoms with Crippen molar-refractivity contribution >= 4 is 11.6 Å². The minimum Gasteiger partial charge on any atom is -0.335 e. The van der Waals surface area contributed by atoms with Gasteiger partial charge in [0.25, 0.3) is 5.91 Å². The zero-order valence-electron chi connectivity index (χ0n) is 11.6. The van der Waals surface area contributed by atoms with Crippen LogP contribution < -0.4 is 5.32 Å². The summed E-state index contributed by atoms with van der Waals surface area (Å²) in [6.07, 6.45) is 1.09. The average Bonchev–Trinajstić information content (AvgIpc) is 2.76. The summed E-state index contributed by atoms with van der Waals surface area (Å²) in [6, 6.07) is 2.00. The molecule has 4 nitrogen and oxygen atoms in total. The molecule has 1 N–H and O–H groups in total. The van der Waals surface area contributed by atoms with E-state index in [9.17, 15) is 22.4 Å². The number of hydrogen-bond acceptors (Lipinski definition) is 2. The Kier molecular flexibility index (Phi) is 3.61. The fraction of sp³-hybridized carbons (Fsp3) is 0.286. The zero-order valence-corrected chi connectivity index (χ0v) is 11.6. The second-order valence-electron chi connectivity index (χ2n) is 5.11. The first-order valence-corrected chi connectivity index (χ1v) is 6.10. The molecule has 2 aromatic rings. The first kappa shape index (κ1) is 15.8. The first-order chi connectivity index (χ1) is 10.0. The third-order valence-electron chi connectivity index (χ3n) is 2.85. The maximum absolute atomic E-state index is 13.3. The van der Waals surface area contributed by atoms with Crippen LogP contribution in [0.25, 0.3) is 5.65 Å². The van der Waals surface area contributed by atoms with Crippen LogP contribution in [0.15, 0.2) is 18.3 Å². The van der Waals surface area contributed by atoms with E-state index in [1.807, 2.05) is 0 Å². The minimum atomic E-state index is -4.87. The van der Waals surface area contributed by atoms with Crippen molar-refractivity contribution in [2.75, 3.05) is 0 Å². The van der Waals surface area contributed by atoms with Crippen LogP contribution in [0.3, 0.4) is 0 Å². The molecular formula is C14H11F4N3O. The predicted molar refractivity (Wildman–Crippen MR) is 70.5 cm³/mol. The van der Waals surface area contributed by atoms with Gasteiger partial charge in [0.2, 0.25) is 0 Å². The van der Waals surface area contributed by atoms with E-state index in [2.05, 4.69) is 16.2 Å². The quantitative estimate of drug-likeness (QED) is 0.684. The van der Waals surface area contributed by atoms with Crippen LogP contribution in [0.2, 0.25) is 0 Å². The highest BCUT2D eigenvalue weighted by Gasteiger charge is 2.40. The van der Waals surface area contributed by atoms with Crippen LogP contribution in [0.1, 0.15) is 30.0 Å². The van der Waals surface area contributed by atoms with Crippen molar-refractivity contribution in [2.45, 2.75) is 25.6 Å². The molecule has 0 spiro atoms. The van der Waals surface area contributed by atoms with Gasteiger partial charge in [0.15, 0.2) is 5.69 Å². The van der Waals surface area contributed by atoms with Gasteiger partial charge in [-0.3, -0.25) is 9.20 Å². The van der Waals surface area contributed by atoms with Crippen molar-refractivity contribution < 1.29 is 22.4 Å². The van der Waals surface area contributed by atoms with E-state index < -0.39 is 34.8 Å². The molecule has 0 saturated carbocycles. The summed E-state index contributed by atoms with van der Waals surface area (Å²) < 4.78 is 53.3. The molecule has 0 radical (unpaired) electrons. The van der Waals surface area contributed by atoms with Crippen molar-refractivity contribution in [3.63, 3.8) is 0 Å². The maximum Gasteiger partial charge on any atom is 0.435 e. The van der Waals surface area contributed by atoms with Gasteiger partial charge in [-0.05, 0) is 26.0 Å². The molecule has 2 heterocycles. The van der Waals surface area contributed by atoms with Crippen LogP contribution in [0, 0.1) is 18.2 Å². The number of pyridine rings is 1. The van der Waals surface area contributed by atoms with Crippen molar-refractivity contribution in [1.82, 2.24) is 14.7 Å². The Morgan fingerprint density at radius 3 is 2.55 bits per heavy atom. The van der Waals surface area contributed by atoms with Gasteiger partial charge in [-0.25, -0.2) is 9.37 Å². The van der Waals surface area contributed by atoms with Crippen molar-refractivity contribution in [3.8, 4) is 12.3 Å². The standard InChI is InChI=1S/C14H11F4N3O/c1-4-13(2,3)20-12(22)10-11(14(16,17)18)19-9-6-5-8(15)7-21(9)10/h1,5-7H,2-3H3,(H,20,22). The first-order valence-electron chi connectivity index (χ1n) is 6.10. The summed E-state index contributed by atoms with van der Waals surface area (Å²) in [4.78, 5) is 15.5. The Morgan fingerprint density at radius 1 is 1.36 bits per heavy atom. The summed E-state index contributed by atoms with van der Waals surface area (Å²) >= 11 is 0. The molecule has 0 saturated heterocycles. The normalized spacial score (nSPS) is 12.2. The topological polar surface area (TPSA) is 46.4 Å². The lowest BCUT2D eigenvalue weighted by Crippen LogP contribution is -2.43. The molecule has 0 atom stereocenters. The second kappa shape index (κ2) is 5.02. The third kappa shape index (κ3) is 2.88. The summed E-state index contributed by atoms with van der Waals surface area (Å²) in [7, 11) is 0. The third-order valence-corrected chi connectivity index (χ3v) is 2.85. The van der Waals surface area contributed by atoms with E-state index in [4.69, 9.17) is 6.42 Å². The molecule has 0 aliphatic heterocycles. The minimum absolute atomic E-state index is 0.197. The number of carbonyl (C=O) groups is 1. The predicted octanol–water partition coefficient (Wildman–Crippen LogP) is 2.63. The van der Waals surface area contributed by atoms with Crippen LogP contribution in [-0.2, 0) is 6.18 Å². The molecule has 116 valence electrons. The Hall–Kier alpha value is -2.56. The lowest BCUT2D eigenvalue weighted by molar-refractivity contribution is -0.141. The molecule has 0 bridgehead atoms. The van der Waals surface area contributed by atoms with Gasteiger partial charge in [0.05, 0.1) is 5.54 Å². The highest BCUT2D eigenvalue weighted by molar-refractivity contribution is 5.95. The molecule has 2 aromatic heterocycles. The molecule has 0 aliphatic carbocycles. The Balaban J connectivity index is 2.67. The molecule has 2 rings (SSSR count). The summed E-state index contributed by atoms with van der Waals surface area (Å²) in [6.45, 7) is 2.89. The highest BCUT2D eigenvalue weighted by atomic mass is 19.4. The number of carbonyl (C=O) groups excluding carboxylic acids is 1. The molecular weight excluding hydrogens is 302 g/mol. The number of aromatic nitrogens is 2. The Labute approximate surface area is 123 Å². The van der Waals surface area contributed by atoms with E-state index in [-0.39, 0.29) is 5.65 Å². The van der Waals surface area contributed by atoms with Crippen molar-refractivity contribution in [3.05, 3.63) is 35.5 Å². The van der Waals surface area contributed by atoms with Gasteiger partial charge in [-0.15, -0.1) is 6.42 Å². The number of hydrogen-bond donors (Lipinski definition) is 1. The van der Waals surface area contributed by atoms with Gasteiger partial charge < -0.3 is 5.32 Å². The summed E-state index contributed by atoms with van der Waals surface area (Å²) in [5.41, 5.74) is -3.58. The highest BCUT2D eigenvalue weighted by Crippen LogP contribution is 2.32. The number of rotatable bonds is 2. The molecule has 8 heteroatoms. The number of halogens is 4. The Morgan fingerprint density at radius 2 is 2.00 bits per heavy atom. The van der Waals surface area contributed by atoms with Crippen LogP contribution >= 0.6 is 0 Å². The average molecular weight is 313 g/mol. The second-order valence-corrected chi connectivity index (χ2v) is 5.11. The fourth-order valence-electron chi connectivity index (χ4n) is 1.81. The lowest BCUT2D eigenvalue weighted by atomic mass is 10.1. The number of nitrogens with zero attached hydrogens (tertiary/aromatic N) is 2. The van der Waals surface area contributed by atoms with Crippen LogP contribution in [-0.4, -0.2) is 20.8 Å². The fourth-order valence-corrected chi connectivity index (χ4v) is 1.81. The van der Waals surface area contributed by atoms with E-state index in [1.54, 1.807) is 0 Å². The summed E-state index contributed by atoms with van der Waals surface area (Å²) in [5.74, 6) is 0.343. The van der Waals surface area contributed by atoms with Crippen molar-refractivity contribution in [1.29, 1.82) is 0 Å². The molecule has 0 fully saturated rings. The van der Waals surface area contributed by atoms with Gasteiger partial charge in [-0.1, -0.05) is 5.92 Å². The molecule has 0 unspecified atom stereocenters. The number of amides is 1. The van der Waals surface area contributed by atoms with Gasteiger partial charge in [0, 0.05) is 6.20 Å². The SMILES string of the molecule is C#CC(C)(C)NC(=O)c1c(C(F)(F)F)nc2ccc(F)cn12. The molecule has 0 aromatic carbocycles. The number of fused-ring (bicyclic) bond motifs is 1. The zero-order chi connectivity index (χ0) is 16.7. The number of imidazole rings is 1. The maximum atomic E-state index is 13.3. The van der Waals surface area contributed by atoms with E-state index >= 15 is 0 Å². The molecule has 22 heavy (non-hydrogen) atoms. The van der Waals surface area contributed by atoms with Gasteiger partial charge in [-0.2, -0.15) is 13.2 Å². The van der Waals surface area contributed by atoms with Crippen LogP contribution in [0.4, 0.5) is 17.6 Å². The van der Waals surface area contributed by atoms with Crippen LogP contribution in [0.5, 0.6) is 0 Å². The van der Waals surface area contributed by atoms with Crippen molar-refractivity contribution in [2.24, 2.45) is 0 Å². The molecule has 1 amide bonds. The lowest BCUT2D eigenvalue weighted by Gasteiger charge is -2.20. The van der Waals surface area contributed by atoms with Gasteiger partial charge in [0.1, 0.15) is 17.2 Å². The summed E-state index contributed by atoms with van der Waals surface area (Å²) in [5, 5.41) is 2.27. The smallest absolute Gasteiger partial charge is 0.335 e. The van der Waals surface area contributed by atoms with Gasteiger partial charge >= 0.3 is 6.18 Å². The van der Waals surface area contributed by atoms with E-state index in [0.29, 0.717) is 0 Å². The number of nitrogens with one attached hydrogen (secondary N) is 1. The number of terminal acetylenes is 1. The van der Waals surface area contributed by atoms with E-state index in [1.165, 1.54) is 13.8 Å².